The van der Waals surface area contributed by atoms with Gasteiger partial charge in [-0.1, -0.05) is 18.2 Å². The molecule has 0 amide bonds. The van der Waals surface area contributed by atoms with Gasteiger partial charge in [-0.25, -0.2) is 0 Å². The molecule has 0 aromatic heterocycles. The highest BCUT2D eigenvalue weighted by molar-refractivity contribution is 7.87. The first kappa shape index (κ1) is 17.4. The van der Waals surface area contributed by atoms with Gasteiger partial charge in [-0.05, 0) is 12.1 Å². The van der Waals surface area contributed by atoms with Crippen LogP contribution in [0.4, 0.5) is 0 Å². The van der Waals surface area contributed by atoms with E-state index >= 15 is 0 Å². The largest absolute Gasteiger partial charge is 0.492 e. The van der Waals surface area contributed by atoms with Gasteiger partial charge in [-0.3, -0.25) is 4.79 Å². The topological polar surface area (TPSA) is 84.9 Å². The molecule has 0 bridgehead atoms. The highest BCUT2D eigenvalue weighted by Crippen LogP contribution is 2.07. The first-order chi connectivity index (χ1) is 9.95. The number of ether oxygens (including phenoxy) is 2. The quantitative estimate of drug-likeness (QED) is 0.526. The fourth-order valence-corrected chi connectivity index (χ4v) is 2.33. The summed E-state index contributed by atoms with van der Waals surface area (Å²) in [5, 5.41) is 0. The maximum absolute atomic E-state index is 11.8. The van der Waals surface area contributed by atoms with Crippen molar-refractivity contribution < 1.29 is 22.7 Å². The molecule has 0 spiro atoms. The summed E-state index contributed by atoms with van der Waals surface area (Å²) < 4.78 is 37.0. The summed E-state index contributed by atoms with van der Waals surface area (Å²) >= 11 is 0. The Bertz CT molecular complexity index is 533. The summed E-state index contributed by atoms with van der Waals surface area (Å²) in [4.78, 5) is 11.0. The van der Waals surface area contributed by atoms with Crippen molar-refractivity contribution in [1.29, 1.82) is 0 Å². The van der Waals surface area contributed by atoms with Crippen LogP contribution in [-0.2, 0) is 19.7 Å². The number of nitrogens with one attached hydrogen (secondary N) is 1. The average Bonchev–Trinajstić information content (AvgIpc) is 2.49. The lowest BCUT2D eigenvalue weighted by molar-refractivity contribution is -0.140. The Hall–Kier alpha value is -1.64. The summed E-state index contributed by atoms with van der Waals surface area (Å²) in [5.74, 6) is 0.222. The molecule has 0 unspecified atom stereocenters. The van der Waals surface area contributed by atoms with Crippen LogP contribution in [0.5, 0.6) is 5.75 Å². The molecule has 0 aliphatic rings. The molecule has 118 valence electrons. The number of nitrogens with zero attached hydrogens (tertiary/aromatic N) is 1. The molecule has 7 nitrogen and oxygen atoms in total. The average molecular weight is 316 g/mol. The first-order valence-corrected chi connectivity index (χ1v) is 7.85. The molecule has 0 aliphatic heterocycles. The molecule has 0 atom stereocenters. The molecule has 0 fully saturated rings. The van der Waals surface area contributed by atoms with Crippen molar-refractivity contribution in [3.05, 3.63) is 30.3 Å². The normalized spacial score (nSPS) is 11.4. The van der Waals surface area contributed by atoms with Crippen LogP contribution in [0.1, 0.15) is 6.42 Å². The molecule has 21 heavy (non-hydrogen) atoms. The second-order valence-electron chi connectivity index (χ2n) is 4.21. The predicted octanol–water partition coefficient (Wildman–Crippen LogP) is 0.395. The van der Waals surface area contributed by atoms with Gasteiger partial charge >= 0.3 is 5.97 Å². The molecule has 0 saturated heterocycles. The van der Waals surface area contributed by atoms with E-state index in [1.807, 2.05) is 18.2 Å². The third kappa shape index (κ3) is 6.56. The van der Waals surface area contributed by atoms with Crippen molar-refractivity contribution >= 4 is 16.2 Å². The van der Waals surface area contributed by atoms with Crippen molar-refractivity contribution in [2.45, 2.75) is 6.42 Å². The molecule has 1 rings (SSSR count). The number of hydrogen-bond acceptors (Lipinski definition) is 5. The summed E-state index contributed by atoms with van der Waals surface area (Å²) in [6.45, 7) is 0.412. The second kappa shape index (κ2) is 8.60. The second-order valence-corrected chi connectivity index (χ2v) is 6.07. The van der Waals surface area contributed by atoms with Gasteiger partial charge in [0.2, 0.25) is 0 Å². The Morgan fingerprint density at radius 3 is 2.57 bits per heavy atom. The summed E-state index contributed by atoms with van der Waals surface area (Å²) in [7, 11) is -0.971. The number of hydrogen-bond donors (Lipinski definition) is 1. The SMILES string of the molecule is COC(=O)CCN(C)S(=O)(=O)NCCOc1ccccc1. The van der Waals surface area contributed by atoms with Gasteiger partial charge < -0.3 is 9.47 Å². The van der Waals surface area contributed by atoms with E-state index < -0.39 is 16.2 Å². The smallest absolute Gasteiger partial charge is 0.306 e. The van der Waals surface area contributed by atoms with Crippen LogP contribution in [0, 0.1) is 0 Å². The maximum Gasteiger partial charge on any atom is 0.306 e. The van der Waals surface area contributed by atoms with Crippen LogP contribution >= 0.6 is 0 Å². The van der Waals surface area contributed by atoms with Crippen molar-refractivity contribution in [3.63, 3.8) is 0 Å². The Morgan fingerprint density at radius 1 is 1.29 bits per heavy atom. The van der Waals surface area contributed by atoms with Gasteiger partial charge in [-0.2, -0.15) is 17.4 Å². The van der Waals surface area contributed by atoms with Crippen molar-refractivity contribution in [1.82, 2.24) is 9.03 Å². The Labute approximate surface area is 125 Å². The molecular weight excluding hydrogens is 296 g/mol. The van der Waals surface area contributed by atoms with Crippen LogP contribution < -0.4 is 9.46 Å². The monoisotopic (exact) mass is 316 g/mol. The number of para-hydroxylation sites is 1. The Balaban J connectivity index is 2.30. The minimum absolute atomic E-state index is 0.00836. The van der Waals surface area contributed by atoms with Crippen LogP contribution in [0.3, 0.4) is 0 Å². The fourth-order valence-electron chi connectivity index (χ4n) is 1.44. The van der Waals surface area contributed by atoms with Crippen LogP contribution in [-0.4, -0.2) is 52.5 Å². The zero-order valence-electron chi connectivity index (χ0n) is 12.1. The van der Waals surface area contributed by atoms with Gasteiger partial charge in [0.05, 0.1) is 13.5 Å². The predicted molar refractivity (Wildman–Crippen MR) is 78.1 cm³/mol. The number of carbonyl (C=O) groups is 1. The molecule has 0 aliphatic carbocycles. The molecule has 8 heteroatoms. The number of carbonyl (C=O) groups excluding carboxylic acids is 1. The van der Waals surface area contributed by atoms with E-state index in [0.717, 1.165) is 4.31 Å². The minimum Gasteiger partial charge on any atom is -0.492 e. The van der Waals surface area contributed by atoms with Gasteiger partial charge in [0.25, 0.3) is 10.2 Å². The third-order valence-corrected chi connectivity index (χ3v) is 4.24. The molecule has 1 aromatic rings. The first-order valence-electron chi connectivity index (χ1n) is 6.41. The van der Waals surface area contributed by atoms with E-state index in [9.17, 15) is 13.2 Å². The van der Waals surface area contributed by atoms with Crippen LogP contribution in [0.2, 0.25) is 0 Å². The van der Waals surface area contributed by atoms with E-state index in [1.54, 1.807) is 12.1 Å². The number of benzene rings is 1. The van der Waals surface area contributed by atoms with Gasteiger partial charge in [-0.15, -0.1) is 0 Å². The summed E-state index contributed by atoms with van der Waals surface area (Å²) in [6, 6.07) is 9.11. The lowest BCUT2D eigenvalue weighted by Gasteiger charge is -2.17. The van der Waals surface area contributed by atoms with Crippen LogP contribution in [0.15, 0.2) is 30.3 Å². The molecular formula is C13H20N2O5S. The third-order valence-electron chi connectivity index (χ3n) is 2.67. The highest BCUT2D eigenvalue weighted by Gasteiger charge is 2.17. The fraction of sp³-hybridized carbons (Fsp3) is 0.462. The standard InChI is InChI=1S/C13H20N2O5S/c1-15(10-8-13(16)19-2)21(17,18)14-9-11-20-12-6-4-3-5-7-12/h3-7,14H,8-11H2,1-2H3. The van der Waals surface area contributed by atoms with E-state index in [1.165, 1.54) is 14.2 Å². The zero-order valence-corrected chi connectivity index (χ0v) is 12.9. The Morgan fingerprint density at radius 2 is 1.95 bits per heavy atom. The molecule has 0 heterocycles. The summed E-state index contributed by atoms with van der Waals surface area (Å²) in [6.07, 6.45) is 0.00836. The van der Waals surface area contributed by atoms with E-state index in [0.29, 0.717) is 5.75 Å². The number of rotatable bonds is 9. The molecule has 0 saturated carbocycles. The number of esters is 1. The van der Waals surface area contributed by atoms with Crippen molar-refractivity contribution in [3.8, 4) is 5.75 Å². The lowest BCUT2D eigenvalue weighted by atomic mass is 10.3. The van der Waals surface area contributed by atoms with Crippen LogP contribution in [0.25, 0.3) is 0 Å². The number of methoxy groups -OCH3 is 1. The van der Waals surface area contributed by atoms with E-state index in [-0.39, 0.29) is 26.1 Å². The zero-order chi connectivity index (χ0) is 15.7. The highest BCUT2D eigenvalue weighted by atomic mass is 32.2. The summed E-state index contributed by atoms with van der Waals surface area (Å²) in [5.41, 5.74) is 0. The van der Waals surface area contributed by atoms with Gasteiger partial charge in [0.15, 0.2) is 0 Å². The Kier molecular flexibility index (Phi) is 7.13. The molecule has 1 N–H and O–H groups in total. The van der Waals surface area contributed by atoms with Crippen molar-refractivity contribution in [2.24, 2.45) is 0 Å². The van der Waals surface area contributed by atoms with E-state index in [4.69, 9.17) is 4.74 Å². The molecule has 0 radical (unpaired) electrons. The molecule has 1 aromatic carbocycles. The maximum atomic E-state index is 11.8. The van der Waals surface area contributed by atoms with Gasteiger partial charge in [0, 0.05) is 20.1 Å². The minimum atomic E-state index is -3.62. The van der Waals surface area contributed by atoms with E-state index in [2.05, 4.69) is 9.46 Å². The van der Waals surface area contributed by atoms with Gasteiger partial charge in [0.1, 0.15) is 12.4 Å². The van der Waals surface area contributed by atoms with Crippen molar-refractivity contribution in [2.75, 3.05) is 33.9 Å². The lowest BCUT2D eigenvalue weighted by Crippen LogP contribution is -2.40.